The largest absolute Gasteiger partial charge is 0.509 e. The Morgan fingerprint density at radius 2 is 1.27 bits per heavy atom. The fourth-order valence-electron chi connectivity index (χ4n) is 1.62. The summed E-state index contributed by atoms with van der Waals surface area (Å²) in [5, 5.41) is 0. The van der Waals surface area contributed by atoms with E-state index < -0.39 is 36.5 Å². The monoisotopic (exact) mass is 318 g/mol. The summed E-state index contributed by atoms with van der Waals surface area (Å²) in [5.41, 5.74) is 0. The van der Waals surface area contributed by atoms with Gasteiger partial charge in [0.15, 0.2) is 0 Å². The second-order valence-corrected chi connectivity index (χ2v) is 4.38. The summed E-state index contributed by atoms with van der Waals surface area (Å²) in [6.07, 6.45) is -2.95. The van der Waals surface area contributed by atoms with Crippen LogP contribution in [0.1, 0.15) is 12.8 Å². The van der Waals surface area contributed by atoms with Crippen LogP contribution in [0, 0.1) is 0 Å². The molecular formula is C12H14O10. The van der Waals surface area contributed by atoms with Crippen molar-refractivity contribution in [2.75, 3.05) is 26.4 Å². The third kappa shape index (κ3) is 4.50. The van der Waals surface area contributed by atoms with Crippen LogP contribution in [0.2, 0.25) is 0 Å². The number of ether oxygens (including phenoxy) is 6. The van der Waals surface area contributed by atoms with Gasteiger partial charge in [0.2, 0.25) is 12.2 Å². The van der Waals surface area contributed by atoms with Gasteiger partial charge in [-0.2, -0.15) is 0 Å². The second kappa shape index (κ2) is 7.48. The molecule has 2 unspecified atom stereocenters. The van der Waals surface area contributed by atoms with E-state index in [1.807, 2.05) is 0 Å². The number of hydrogen-bond acceptors (Lipinski definition) is 10. The average molecular weight is 318 g/mol. The normalized spacial score (nSPS) is 23.1. The lowest BCUT2D eigenvalue weighted by Gasteiger charge is -2.09. The summed E-state index contributed by atoms with van der Waals surface area (Å²) in [7, 11) is 0. The first-order chi connectivity index (χ1) is 10.6. The predicted octanol–water partition coefficient (Wildman–Crippen LogP) is -0.0762. The van der Waals surface area contributed by atoms with Crippen LogP contribution in [-0.4, -0.2) is 62.9 Å². The maximum absolute atomic E-state index is 11.4. The van der Waals surface area contributed by atoms with Crippen LogP contribution in [-0.2, 0) is 38.0 Å². The molecule has 2 heterocycles. The van der Waals surface area contributed by atoms with Gasteiger partial charge in [-0.3, -0.25) is 0 Å². The lowest BCUT2D eigenvalue weighted by Crippen LogP contribution is -2.26. The summed E-state index contributed by atoms with van der Waals surface area (Å²) in [5.74, 6) is -1.37. The van der Waals surface area contributed by atoms with Gasteiger partial charge in [0.05, 0.1) is 13.2 Å². The molecule has 2 aliphatic heterocycles. The molecule has 10 heteroatoms. The first-order valence-electron chi connectivity index (χ1n) is 6.56. The Kier molecular flexibility index (Phi) is 5.39. The number of carbonyl (C=O) groups excluding carboxylic acids is 4. The van der Waals surface area contributed by atoms with Crippen molar-refractivity contribution in [1.82, 2.24) is 0 Å². The highest BCUT2D eigenvalue weighted by Crippen LogP contribution is 2.09. The van der Waals surface area contributed by atoms with Crippen LogP contribution in [0.4, 0.5) is 9.59 Å². The summed E-state index contributed by atoms with van der Waals surface area (Å²) in [6.45, 7) is -0.132. The summed E-state index contributed by atoms with van der Waals surface area (Å²) < 4.78 is 27.7. The number of hydrogen-bond donors (Lipinski definition) is 0. The molecule has 0 amide bonds. The lowest BCUT2D eigenvalue weighted by molar-refractivity contribution is -0.154. The van der Waals surface area contributed by atoms with Crippen molar-refractivity contribution in [3.8, 4) is 0 Å². The molecule has 0 aromatic carbocycles. The summed E-state index contributed by atoms with van der Waals surface area (Å²) in [6, 6.07) is 0. The molecule has 2 fully saturated rings. The molecule has 2 aliphatic rings. The van der Waals surface area contributed by atoms with Crippen LogP contribution in [0.25, 0.3) is 0 Å². The van der Waals surface area contributed by atoms with Crippen LogP contribution < -0.4 is 0 Å². The molecule has 2 atom stereocenters. The smallest absolute Gasteiger partial charge is 0.463 e. The molecule has 2 saturated heterocycles. The minimum absolute atomic E-state index is 0.0892. The number of cyclic esters (lactones) is 4. The predicted molar refractivity (Wildman–Crippen MR) is 63.6 cm³/mol. The van der Waals surface area contributed by atoms with E-state index in [-0.39, 0.29) is 26.4 Å². The lowest BCUT2D eigenvalue weighted by atomic mass is 10.3. The van der Waals surface area contributed by atoms with Crippen LogP contribution >= 0.6 is 0 Å². The SMILES string of the molecule is O=C1OCC(C(=O)OCCCCOC(=O)C2COC(=O)O2)O1. The molecule has 0 aromatic heterocycles. The van der Waals surface area contributed by atoms with Gasteiger partial charge >= 0.3 is 24.2 Å². The molecule has 0 saturated carbocycles. The maximum Gasteiger partial charge on any atom is 0.509 e. The highest BCUT2D eigenvalue weighted by atomic mass is 16.8. The Morgan fingerprint density at radius 3 is 1.59 bits per heavy atom. The van der Waals surface area contributed by atoms with Crippen LogP contribution in [0.3, 0.4) is 0 Å². The quantitative estimate of drug-likeness (QED) is 0.357. The maximum atomic E-state index is 11.4. The van der Waals surface area contributed by atoms with Crippen molar-refractivity contribution in [1.29, 1.82) is 0 Å². The molecule has 0 radical (unpaired) electrons. The minimum atomic E-state index is -1.03. The Morgan fingerprint density at radius 1 is 0.864 bits per heavy atom. The zero-order chi connectivity index (χ0) is 15.9. The molecule has 0 bridgehead atoms. The van der Waals surface area contributed by atoms with E-state index >= 15 is 0 Å². The van der Waals surface area contributed by atoms with Crippen molar-refractivity contribution >= 4 is 24.2 Å². The Bertz CT molecular complexity index is 417. The molecule has 2 rings (SSSR count). The van der Waals surface area contributed by atoms with Crippen molar-refractivity contribution in [3.63, 3.8) is 0 Å². The number of rotatable bonds is 7. The zero-order valence-corrected chi connectivity index (χ0v) is 11.5. The van der Waals surface area contributed by atoms with E-state index in [2.05, 4.69) is 18.9 Å². The van der Waals surface area contributed by atoms with Crippen molar-refractivity contribution < 1.29 is 47.6 Å². The van der Waals surface area contributed by atoms with Gasteiger partial charge in [0.1, 0.15) is 13.2 Å². The van der Waals surface area contributed by atoms with Gasteiger partial charge in [-0.1, -0.05) is 0 Å². The molecule has 0 aliphatic carbocycles. The topological polar surface area (TPSA) is 124 Å². The molecule has 10 nitrogen and oxygen atoms in total. The molecular weight excluding hydrogens is 304 g/mol. The number of carbonyl (C=O) groups is 4. The third-order valence-electron chi connectivity index (χ3n) is 2.74. The minimum Gasteiger partial charge on any atom is -0.463 e. The first-order valence-corrected chi connectivity index (χ1v) is 6.56. The van der Waals surface area contributed by atoms with E-state index in [0.29, 0.717) is 12.8 Å². The highest BCUT2D eigenvalue weighted by Gasteiger charge is 2.33. The summed E-state index contributed by atoms with van der Waals surface area (Å²) >= 11 is 0. The van der Waals surface area contributed by atoms with Gasteiger partial charge in [-0.05, 0) is 12.8 Å². The molecule has 0 aromatic rings. The standard InChI is InChI=1S/C12H14O10/c13-9(7-5-19-11(15)21-7)17-3-1-2-4-18-10(14)8-6-20-12(16)22-8/h7-8H,1-6H2. The Balaban J connectivity index is 1.49. The fraction of sp³-hybridized carbons (Fsp3) is 0.667. The summed E-state index contributed by atoms with van der Waals surface area (Å²) in [4.78, 5) is 44.1. The van der Waals surface area contributed by atoms with Gasteiger partial charge < -0.3 is 28.4 Å². The first kappa shape index (κ1) is 15.9. The molecule has 0 N–H and O–H groups in total. The number of esters is 2. The zero-order valence-electron chi connectivity index (χ0n) is 11.5. The Hall–Kier alpha value is -2.52. The van der Waals surface area contributed by atoms with Gasteiger partial charge in [0, 0.05) is 0 Å². The fourth-order valence-corrected chi connectivity index (χ4v) is 1.62. The van der Waals surface area contributed by atoms with E-state index in [4.69, 9.17) is 9.47 Å². The number of unbranched alkanes of at least 4 members (excludes halogenated alkanes) is 1. The average Bonchev–Trinajstić information content (AvgIpc) is 3.11. The van der Waals surface area contributed by atoms with Crippen LogP contribution in [0.15, 0.2) is 0 Å². The molecule has 0 spiro atoms. The Labute approximate surface area is 124 Å². The van der Waals surface area contributed by atoms with Crippen molar-refractivity contribution in [3.05, 3.63) is 0 Å². The van der Waals surface area contributed by atoms with E-state index in [1.54, 1.807) is 0 Å². The molecule has 22 heavy (non-hydrogen) atoms. The van der Waals surface area contributed by atoms with E-state index in [9.17, 15) is 19.2 Å². The van der Waals surface area contributed by atoms with Gasteiger partial charge in [-0.15, -0.1) is 0 Å². The third-order valence-corrected chi connectivity index (χ3v) is 2.74. The second-order valence-electron chi connectivity index (χ2n) is 4.38. The van der Waals surface area contributed by atoms with Gasteiger partial charge in [-0.25, -0.2) is 19.2 Å². The molecule has 122 valence electrons. The van der Waals surface area contributed by atoms with E-state index in [1.165, 1.54) is 0 Å². The van der Waals surface area contributed by atoms with Crippen molar-refractivity contribution in [2.45, 2.75) is 25.0 Å². The highest BCUT2D eigenvalue weighted by molar-refractivity contribution is 5.80. The van der Waals surface area contributed by atoms with Gasteiger partial charge in [0.25, 0.3) is 0 Å². The van der Waals surface area contributed by atoms with Crippen molar-refractivity contribution in [2.24, 2.45) is 0 Å². The van der Waals surface area contributed by atoms with Crippen LogP contribution in [0.5, 0.6) is 0 Å². The van der Waals surface area contributed by atoms with E-state index in [0.717, 1.165) is 0 Å².